The van der Waals surface area contributed by atoms with Crippen LogP contribution in [0.25, 0.3) is 0 Å². The first-order valence-corrected chi connectivity index (χ1v) is 5.56. The third-order valence-electron chi connectivity index (χ3n) is 2.36. The van der Waals surface area contributed by atoms with Crippen LogP contribution in [0.2, 0.25) is 0 Å². The maximum atomic E-state index is 8.77. The molecule has 0 saturated carbocycles. The normalized spacial score (nSPS) is 11.2. The van der Waals surface area contributed by atoms with Crippen molar-refractivity contribution in [2.75, 3.05) is 26.8 Å². The number of aliphatic hydroxyl groups excluding tert-OH is 1. The molecule has 0 bridgehead atoms. The number of aliphatic hydroxyl groups is 1. The van der Waals surface area contributed by atoms with Gasteiger partial charge in [-0.1, -0.05) is 12.1 Å². The number of aromatic nitrogens is 1. The van der Waals surface area contributed by atoms with Crippen molar-refractivity contribution in [3.05, 3.63) is 17.5 Å². The average Bonchev–Trinajstić information content (AvgIpc) is 2.72. The smallest absolute Gasteiger partial charge is 0.162 e. The lowest BCUT2D eigenvalue weighted by atomic mass is 10.3. The number of ether oxygens (including phenoxy) is 1. The van der Waals surface area contributed by atoms with Crippen LogP contribution in [0.4, 0.5) is 0 Å². The molecule has 5 heteroatoms. The highest BCUT2D eigenvalue weighted by Crippen LogP contribution is 2.08. The molecule has 1 rings (SSSR count). The van der Waals surface area contributed by atoms with Crippen molar-refractivity contribution < 1.29 is 14.4 Å². The van der Waals surface area contributed by atoms with Crippen molar-refractivity contribution in [2.45, 2.75) is 26.5 Å². The van der Waals surface area contributed by atoms with Gasteiger partial charge in [-0.2, -0.15) is 0 Å². The molecule has 0 unspecified atom stereocenters. The van der Waals surface area contributed by atoms with Gasteiger partial charge in [0, 0.05) is 32.9 Å². The first kappa shape index (κ1) is 13.2. The Kier molecular flexibility index (Phi) is 6.07. The maximum Gasteiger partial charge on any atom is 0.162 e. The zero-order valence-electron chi connectivity index (χ0n) is 9.98. The summed E-state index contributed by atoms with van der Waals surface area (Å²) in [4.78, 5) is 2.21. The third-order valence-corrected chi connectivity index (χ3v) is 2.36. The Bertz CT molecular complexity index is 289. The van der Waals surface area contributed by atoms with Crippen molar-refractivity contribution in [3.8, 4) is 0 Å². The fraction of sp³-hybridized carbons (Fsp3) is 0.727. The maximum absolute atomic E-state index is 8.77. The van der Waals surface area contributed by atoms with E-state index < -0.39 is 0 Å². The molecule has 0 aromatic carbocycles. The minimum Gasteiger partial charge on any atom is -0.396 e. The van der Waals surface area contributed by atoms with Crippen LogP contribution in [-0.2, 0) is 17.9 Å². The Hall–Kier alpha value is -0.910. The fourth-order valence-corrected chi connectivity index (χ4v) is 1.51. The van der Waals surface area contributed by atoms with Crippen molar-refractivity contribution in [1.82, 2.24) is 10.1 Å². The summed E-state index contributed by atoms with van der Waals surface area (Å²) in [5, 5.41) is 12.7. The quantitative estimate of drug-likeness (QED) is 0.720. The van der Waals surface area contributed by atoms with Crippen LogP contribution in [0.3, 0.4) is 0 Å². The first-order valence-electron chi connectivity index (χ1n) is 5.56. The van der Waals surface area contributed by atoms with Crippen LogP contribution >= 0.6 is 0 Å². The summed E-state index contributed by atoms with van der Waals surface area (Å²) in [6.07, 6.45) is 0.788. The first-order chi connectivity index (χ1) is 7.80. The molecule has 0 atom stereocenters. The summed E-state index contributed by atoms with van der Waals surface area (Å²) >= 11 is 0. The Morgan fingerprint density at radius 1 is 1.56 bits per heavy atom. The van der Waals surface area contributed by atoms with Crippen molar-refractivity contribution in [1.29, 1.82) is 0 Å². The van der Waals surface area contributed by atoms with Crippen LogP contribution < -0.4 is 0 Å². The molecule has 0 aliphatic heterocycles. The highest BCUT2D eigenvalue weighted by Gasteiger charge is 2.08. The molecule has 1 aromatic rings. The summed E-state index contributed by atoms with van der Waals surface area (Å²) in [5.74, 6) is 0.746. The molecular formula is C11H20N2O3. The van der Waals surface area contributed by atoms with Gasteiger partial charge in [0.2, 0.25) is 0 Å². The summed E-state index contributed by atoms with van der Waals surface area (Å²) in [6.45, 7) is 5.34. The van der Waals surface area contributed by atoms with Crippen LogP contribution in [0.5, 0.6) is 0 Å². The molecule has 0 fully saturated rings. The van der Waals surface area contributed by atoms with E-state index in [1.165, 1.54) is 0 Å². The van der Waals surface area contributed by atoms with Gasteiger partial charge in [-0.05, 0) is 13.0 Å². The fourth-order valence-electron chi connectivity index (χ4n) is 1.51. The molecule has 92 valence electrons. The van der Waals surface area contributed by atoms with E-state index >= 15 is 0 Å². The number of methoxy groups -OCH3 is 1. The van der Waals surface area contributed by atoms with Crippen LogP contribution in [0.1, 0.15) is 24.8 Å². The third kappa shape index (κ3) is 4.30. The van der Waals surface area contributed by atoms with E-state index in [1.54, 1.807) is 7.11 Å². The molecule has 5 nitrogen and oxygen atoms in total. The van der Waals surface area contributed by atoms with E-state index in [0.29, 0.717) is 6.61 Å². The standard InChI is InChI=1S/C11H20N2O3/c1-3-13(5-4-6-14)8-10-7-11(9-15-2)16-12-10/h7,14H,3-6,8-9H2,1-2H3. The average molecular weight is 228 g/mol. The van der Waals surface area contributed by atoms with Crippen molar-refractivity contribution >= 4 is 0 Å². The van der Waals surface area contributed by atoms with E-state index in [4.69, 9.17) is 14.4 Å². The zero-order valence-corrected chi connectivity index (χ0v) is 9.98. The van der Waals surface area contributed by atoms with E-state index in [2.05, 4.69) is 17.0 Å². The Labute approximate surface area is 96.0 Å². The van der Waals surface area contributed by atoms with E-state index in [0.717, 1.165) is 37.5 Å². The number of hydrogen-bond donors (Lipinski definition) is 1. The summed E-state index contributed by atoms with van der Waals surface area (Å²) < 4.78 is 10.1. The molecule has 1 N–H and O–H groups in total. The molecule has 1 heterocycles. The van der Waals surface area contributed by atoms with Gasteiger partial charge in [-0.15, -0.1) is 0 Å². The second-order valence-corrected chi connectivity index (χ2v) is 3.66. The van der Waals surface area contributed by atoms with Gasteiger partial charge in [0.25, 0.3) is 0 Å². The predicted octanol–water partition coefficient (Wildman–Crippen LogP) is 1.03. The Balaban J connectivity index is 2.43. The lowest BCUT2D eigenvalue weighted by Crippen LogP contribution is -2.24. The van der Waals surface area contributed by atoms with Gasteiger partial charge in [-0.25, -0.2) is 0 Å². The van der Waals surface area contributed by atoms with Gasteiger partial charge >= 0.3 is 0 Å². The van der Waals surface area contributed by atoms with Crippen LogP contribution in [0, 0.1) is 0 Å². The minimum atomic E-state index is 0.226. The molecule has 0 radical (unpaired) electrons. The molecule has 0 saturated heterocycles. The number of rotatable bonds is 8. The molecule has 0 aliphatic carbocycles. The summed E-state index contributed by atoms with van der Waals surface area (Å²) in [6, 6.07) is 1.91. The number of hydrogen-bond acceptors (Lipinski definition) is 5. The predicted molar refractivity (Wildman–Crippen MR) is 59.9 cm³/mol. The zero-order chi connectivity index (χ0) is 11.8. The molecule has 1 aromatic heterocycles. The molecule has 0 amide bonds. The molecular weight excluding hydrogens is 208 g/mol. The SMILES string of the molecule is CCN(CCCO)Cc1cc(COC)on1. The van der Waals surface area contributed by atoms with Gasteiger partial charge < -0.3 is 14.4 Å². The highest BCUT2D eigenvalue weighted by molar-refractivity contribution is 5.04. The van der Waals surface area contributed by atoms with Gasteiger partial charge in [-0.3, -0.25) is 4.90 Å². The van der Waals surface area contributed by atoms with Crippen molar-refractivity contribution in [2.24, 2.45) is 0 Å². The molecule has 0 spiro atoms. The molecule has 0 aliphatic rings. The lowest BCUT2D eigenvalue weighted by Gasteiger charge is -2.17. The van der Waals surface area contributed by atoms with Crippen LogP contribution in [-0.4, -0.2) is 42.0 Å². The van der Waals surface area contributed by atoms with E-state index in [1.807, 2.05) is 6.07 Å². The van der Waals surface area contributed by atoms with Gasteiger partial charge in [0.1, 0.15) is 6.61 Å². The second kappa shape index (κ2) is 7.38. The minimum absolute atomic E-state index is 0.226. The van der Waals surface area contributed by atoms with E-state index in [-0.39, 0.29) is 6.61 Å². The topological polar surface area (TPSA) is 58.7 Å². The van der Waals surface area contributed by atoms with Gasteiger partial charge in [0.05, 0.1) is 5.69 Å². The largest absolute Gasteiger partial charge is 0.396 e. The van der Waals surface area contributed by atoms with E-state index in [9.17, 15) is 0 Å². The Morgan fingerprint density at radius 2 is 2.38 bits per heavy atom. The lowest BCUT2D eigenvalue weighted by molar-refractivity contribution is 0.155. The highest BCUT2D eigenvalue weighted by atomic mass is 16.5. The van der Waals surface area contributed by atoms with Gasteiger partial charge in [0.15, 0.2) is 5.76 Å². The number of nitrogens with zero attached hydrogens (tertiary/aromatic N) is 2. The molecule has 16 heavy (non-hydrogen) atoms. The Morgan fingerprint density at radius 3 is 3.00 bits per heavy atom. The summed E-state index contributed by atoms with van der Waals surface area (Å²) in [7, 11) is 1.63. The summed E-state index contributed by atoms with van der Waals surface area (Å²) in [5.41, 5.74) is 0.909. The monoisotopic (exact) mass is 228 g/mol. The second-order valence-electron chi connectivity index (χ2n) is 3.66. The van der Waals surface area contributed by atoms with Crippen molar-refractivity contribution in [3.63, 3.8) is 0 Å². The van der Waals surface area contributed by atoms with Crippen LogP contribution in [0.15, 0.2) is 10.6 Å².